The molecule has 0 spiro atoms. The van der Waals surface area contributed by atoms with Gasteiger partial charge >= 0.3 is 5.97 Å². The minimum absolute atomic E-state index is 0.170. The first kappa shape index (κ1) is 15.2. The molecule has 0 unspecified atom stereocenters. The van der Waals surface area contributed by atoms with Crippen molar-refractivity contribution in [1.29, 1.82) is 0 Å². The lowest BCUT2D eigenvalue weighted by Gasteiger charge is -2.19. The van der Waals surface area contributed by atoms with Crippen molar-refractivity contribution < 1.29 is 18.7 Å². The Morgan fingerprint density at radius 3 is 2.62 bits per heavy atom. The Kier molecular flexibility index (Phi) is 5.09. The van der Waals surface area contributed by atoms with Crippen LogP contribution in [0.3, 0.4) is 0 Å². The second-order valence-electron chi connectivity index (χ2n) is 5.06. The topological polar surface area (TPSA) is 55.4 Å². The Morgan fingerprint density at radius 1 is 1.29 bits per heavy atom. The molecule has 2 atom stereocenters. The molecule has 0 aromatic heterocycles. The van der Waals surface area contributed by atoms with Crippen molar-refractivity contribution in [2.24, 2.45) is 5.92 Å². The Labute approximate surface area is 123 Å². The summed E-state index contributed by atoms with van der Waals surface area (Å²) in [4.78, 5) is 23.8. The number of halogens is 1. The van der Waals surface area contributed by atoms with Crippen LogP contribution in [-0.2, 0) is 14.3 Å². The van der Waals surface area contributed by atoms with Crippen LogP contribution in [0, 0.1) is 11.7 Å². The molecular formula is C16H18FNO3. The van der Waals surface area contributed by atoms with E-state index in [4.69, 9.17) is 4.74 Å². The van der Waals surface area contributed by atoms with Gasteiger partial charge in [0.2, 0.25) is 0 Å². The predicted molar refractivity (Wildman–Crippen MR) is 77.1 cm³/mol. The second-order valence-corrected chi connectivity index (χ2v) is 5.06. The summed E-state index contributed by atoms with van der Waals surface area (Å²) in [6.07, 6.45) is 5.38. The van der Waals surface area contributed by atoms with Gasteiger partial charge in [-0.2, -0.15) is 0 Å². The number of benzene rings is 1. The number of esters is 1. The molecular weight excluding hydrogens is 273 g/mol. The molecule has 0 saturated carbocycles. The van der Waals surface area contributed by atoms with E-state index in [2.05, 4.69) is 5.32 Å². The summed E-state index contributed by atoms with van der Waals surface area (Å²) in [6.45, 7) is 1.52. The minimum Gasteiger partial charge on any atom is -0.452 e. The van der Waals surface area contributed by atoms with Gasteiger partial charge in [0.15, 0.2) is 6.10 Å². The highest BCUT2D eigenvalue weighted by atomic mass is 19.1. The fourth-order valence-electron chi connectivity index (χ4n) is 2.11. The minimum atomic E-state index is -0.881. The molecule has 0 heterocycles. The van der Waals surface area contributed by atoms with Crippen LogP contribution in [0.5, 0.6) is 0 Å². The molecule has 1 aromatic rings. The zero-order chi connectivity index (χ0) is 15.2. The molecule has 0 bridgehead atoms. The van der Waals surface area contributed by atoms with Crippen LogP contribution in [0.25, 0.3) is 0 Å². The van der Waals surface area contributed by atoms with Crippen molar-refractivity contribution >= 4 is 17.6 Å². The van der Waals surface area contributed by atoms with E-state index < -0.39 is 12.0 Å². The maximum absolute atomic E-state index is 12.8. The first-order chi connectivity index (χ1) is 10.1. The van der Waals surface area contributed by atoms with Gasteiger partial charge in [0.25, 0.3) is 5.91 Å². The molecule has 1 aliphatic rings. The first-order valence-electron chi connectivity index (χ1n) is 6.98. The molecule has 21 heavy (non-hydrogen) atoms. The highest BCUT2D eigenvalue weighted by Gasteiger charge is 2.24. The van der Waals surface area contributed by atoms with E-state index in [0.717, 1.165) is 12.8 Å². The summed E-state index contributed by atoms with van der Waals surface area (Å²) in [5.74, 6) is -1.32. The summed E-state index contributed by atoms with van der Waals surface area (Å²) in [6, 6.07) is 5.41. The highest BCUT2D eigenvalue weighted by molar-refractivity contribution is 5.95. The first-order valence-corrected chi connectivity index (χ1v) is 6.98. The van der Waals surface area contributed by atoms with Gasteiger partial charge in [0, 0.05) is 5.69 Å². The maximum Gasteiger partial charge on any atom is 0.310 e. The molecule has 1 aliphatic carbocycles. The fourth-order valence-corrected chi connectivity index (χ4v) is 2.11. The van der Waals surface area contributed by atoms with E-state index >= 15 is 0 Å². The molecule has 4 nitrogen and oxygen atoms in total. The monoisotopic (exact) mass is 291 g/mol. The van der Waals surface area contributed by atoms with Crippen LogP contribution >= 0.6 is 0 Å². The van der Waals surface area contributed by atoms with E-state index in [9.17, 15) is 14.0 Å². The molecule has 1 N–H and O–H groups in total. The van der Waals surface area contributed by atoms with Crippen LogP contribution in [-0.4, -0.2) is 18.0 Å². The number of hydrogen-bond donors (Lipinski definition) is 1. The van der Waals surface area contributed by atoms with Gasteiger partial charge in [-0.25, -0.2) is 4.39 Å². The average Bonchev–Trinajstić information content (AvgIpc) is 2.50. The van der Waals surface area contributed by atoms with Crippen molar-refractivity contribution in [3.63, 3.8) is 0 Å². The molecule has 2 rings (SSSR count). The summed E-state index contributed by atoms with van der Waals surface area (Å²) >= 11 is 0. The molecule has 5 heteroatoms. The van der Waals surface area contributed by atoms with Crippen LogP contribution < -0.4 is 5.32 Å². The standard InChI is InChI=1S/C16H18FNO3/c1-11(21-16(20)12-5-3-2-4-6-12)15(19)18-14-9-7-13(17)8-10-14/h2-3,7-12H,4-6H2,1H3,(H,18,19)/t11-,12+/m1/s1. The van der Waals surface area contributed by atoms with Gasteiger partial charge in [-0.3, -0.25) is 9.59 Å². The Bertz CT molecular complexity index is 539. The van der Waals surface area contributed by atoms with E-state index in [1.807, 2.05) is 12.2 Å². The number of amides is 1. The number of anilines is 1. The van der Waals surface area contributed by atoms with Crippen LogP contribution in [0.4, 0.5) is 10.1 Å². The Hall–Kier alpha value is -2.17. The lowest BCUT2D eigenvalue weighted by atomic mass is 9.95. The molecule has 0 aliphatic heterocycles. The average molecular weight is 291 g/mol. The van der Waals surface area contributed by atoms with Gasteiger partial charge in [-0.15, -0.1) is 0 Å². The number of rotatable bonds is 4. The number of carbonyl (C=O) groups excluding carboxylic acids is 2. The lowest BCUT2D eigenvalue weighted by Crippen LogP contribution is -2.32. The molecule has 1 amide bonds. The van der Waals surface area contributed by atoms with E-state index in [1.54, 1.807) is 0 Å². The van der Waals surface area contributed by atoms with Gasteiger partial charge in [-0.1, -0.05) is 12.2 Å². The summed E-state index contributed by atoms with van der Waals surface area (Å²) in [5, 5.41) is 2.58. The summed E-state index contributed by atoms with van der Waals surface area (Å²) in [5.41, 5.74) is 0.463. The zero-order valence-corrected chi connectivity index (χ0v) is 11.8. The van der Waals surface area contributed by atoms with Crippen LogP contribution in [0.15, 0.2) is 36.4 Å². The molecule has 0 fully saturated rings. The third-order valence-electron chi connectivity index (χ3n) is 3.38. The van der Waals surface area contributed by atoms with Gasteiger partial charge in [0.05, 0.1) is 5.92 Å². The van der Waals surface area contributed by atoms with Crippen molar-refractivity contribution in [3.05, 3.63) is 42.2 Å². The van der Waals surface area contributed by atoms with E-state index in [-0.39, 0.29) is 17.7 Å². The Morgan fingerprint density at radius 2 is 2.00 bits per heavy atom. The fraction of sp³-hybridized carbons (Fsp3) is 0.375. The largest absolute Gasteiger partial charge is 0.452 e. The quantitative estimate of drug-likeness (QED) is 0.685. The van der Waals surface area contributed by atoms with Gasteiger partial charge in [-0.05, 0) is 50.5 Å². The number of nitrogens with one attached hydrogen (secondary N) is 1. The Balaban J connectivity index is 1.85. The molecule has 1 aromatic carbocycles. The molecule has 0 saturated heterocycles. The predicted octanol–water partition coefficient (Wildman–Crippen LogP) is 3.05. The zero-order valence-electron chi connectivity index (χ0n) is 11.8. The van der Waals surface area contributed by atoms with Crippen molar-refractivity contribution in [1.82, 2.24) is 0 Å². The SMILES string of the molecule is C[C@@H](OC(=O)[C@H]1CC=CCC1)C(=O)Nc1ccc(F)cc1. The van der Waals surface area contributed by atoms with Gasteiger partial charge in [0.1, 0.15) is 5.82 Å². The summed E-state index contributed by atoms with van der Waals surface area (Å²) in [7, 11) is 0. The number of allylic oxidation sites excluding steroid dienone is 2. The third kappa shape index (κ3) is 4.41. The van der Waals surface area contributed by atoms with Crippen molar-refractivity contribution in [2.45, 2.75) is 32.3 Å². The number of ether oxygens (including phenoxy) is 1. The summed E-state index contributed by atoms with van der Waals surface area (Å²) < 4.78 is 18.0. The smallest absolute Gasteiger partial charge is 0.310 e. The number of hydrogen-bond acceptors (Lipinski definition) is 3. The van der Waals surface area contributed by atoms with E-state index in [0.29, 0.717) is 12.1 Å². The normalized spacial score (nSPS) is 18.9. The third-order valence-corrected chi connectivity index (χ3v) is 3.38. The van der Waals surface area contributed by atoms with Crippen molar-refractivity contribution in [3.8, 4) is 0 Å². The molecule has 112 valence electrons. The highest BCUT2D eigenvalue weighted by Crippen LogP contribution is 2.20. The second kappa shape index (κ2) is 7.02. The van der Waals surface area contributed by atoms with Crippen molar-refractivity contribution in [2.75, 3.05) is 5.32 Å². The van der Waals surface area contributed by atoms with Gasteiger partial charge < -0.3 is 10.1 Å². The maximum atomic E-state index is 12.8. The lowest BCUT2D eigenvalue weighted by molar-refractivity contribution is -0.157. The molecule has 0 radical (unpaired) electrons. The number of carbonyl (C=O) groups is 2. The van der Waals surface area contributed by atoms with Crippen LogP contribution in [0.1, 0.15) is 26.2 Å². The van der Waals surface area contributed by atoms with E-state index in [1.165, 1.54) is 31.2 Å². The van der Waals surface area contributed by atoms with Crippen LogP contribution in [0.2, 0.25) is 0 Å².